The zero-order chi connectivity index (χ0) is 14.7. The summed E-state index contributed by atoms with van der Waals surface area (Å²) >= 11 is 0. The van der Waals surface area contributed by atoms with Crippen LogP contribution in [-0.2, 0) is 19.4 Å². The Hall–Kier alpha value is -1.68. The summed E-state index contributed by atoms with van der Waals surface area (Å²) < 4.78 is 16.4. The lowest BCUT2D eigenvalue weighted by Crippen LogP contribution is -2.17. The van der Waals surface area contributed by atoms with Crippen LogP contribution in [0.2, 0.25) is 0 Å². The van der Waals surface area contributed by atoms with E-state index in [1.165, 1.54) is 18.2 Å². The van der Waals surface area contributed by atoms with Gasteiger partial charge in [-0.05, 0) is 50.3 Å². The second kappa shape index (κ2) is 6.39. The first-order valence-corrected chi connectivity index (χ1v) is 7.85. The molecule has 1 aliphatic carbocycles. The van der Waals surface area contributed by atoms with Crippen LogP contribution in [0, 0.1) is 5.82 Å². The van der Waals surface area contributed by atoms with Gasteiger partial charge in [0, 0.05) is 12.2 Å². The molecule has 1 aromatic carbocycles. The fourth-order valence-corrected chi connectivity index (χ4v) is 3.03. The largest absolute Gasteiger partial charge is 0.313 e. The van der Waals surface area contributed by atoms with E-state index in [4.69, 9.17) is 0 Å². The second-order valence-electron chi connectivity index (χ2n) is 5.64. The number of hydrogen-bond acceptors (Lipinski definition) is 2. The molecule has 112 valence electrons. The topological polar surface area (TPSA) is 29.9 Å². The molecule has 0 saturated heterocycles. The van der Waals surface area contributed by atoms with Gasteiger partial charge in [0.15, 0.2) is 0 Å². The van der Waals surface area contributed by atoms with Crippen LogP contribution in [0.3, 0.4) is 0 Å². The SMILES string of the molecule is CCCNCc1cccc(F)c1-n1cnc2c1CCCC2. The van der Waals surface area contributed by atoms with Crippen molar-refractivity contribution >= 4 is 0 Å². The van der Waals surface area contributed by atoms with Gasteiger partial charge in [-0.2, -0.15) is 0 Å². The maximum Gasteiger partial charge on any atom is 0.147 e. The number of rotatable bonds is 5. The van der Waals surface area contributed by atoms with E-state index in [2.05, 4.69) is 17.2 Å². The number of nitrogens with one attached hydrogen (secondary N) is 1. The Labute approximate surface area is 125 Å². The smallest absolute Gasteiger partial charge is 0.147 e. The highest BCUT2D eigenvalue weighted by Crippen LogP contribution is 2.26. The van der Waals surface area contributed by atoms with E-state index in [9.17, 15) is 4.39 Å². The molecule has 0 aliphatic heterocycles. The molecular formula is C17H22FN3. The second-order valence-corrected chi connectivity index (χ2v) is 5.64. The number of para-hydroxylation sites is 1. The van der Waals surface area contributed by atoms with Gasteiger partial charge in [0.25, 0.3) is 0 Å². The zero-order valence-electron chi connectivity index (χ0n) is 12.5. The summed E-state index contributed by atoms with van der Waals surface area (Å²) in [4.78, 5) is 4.49. The van der Waals surface area contributed by atoms with Gasteiger partial charge in [0.05, 0.1) is 17.7 Å². The molecule has 3 nitrogen and oxygen atoms in total. The highest BCUT2D eigenvalue weighted by molar-refractivity contribution is 5.45. The van der Waals surface area contributed by atoms with Crippen molar-refractivity contribution in [2.45, 2.75) is 45.6 Å². The third kappa shape index (κ3) is 2.86. The minimum absolute atomic E-state index is 0.170. The number of hydrogen-bond donors (Lipinski definition) is 1. The quantitative estimate of drug-likeness (QED) is 0.854. The van der Waals surface area contributed by atoms with Gasteiger partial charge in [0.2, 0.25) is 0 Å². The molecule has 0 amide bonds. The molecule has 0 unspecified atom stereocenters. The maximum atomic E-state index is 14.4. The molecular weight excluding hydrogens is 265 g/mol. The van der Waals surface area contributed by atoms with Crippen molar-refractivity contribution in [3.05, 3.63) is 47.3 Å². The van der Waals surface area contributed by atoms with Crippen LogP contribution in [0.4, 0.5) is 4.39 Å². The van der Waals surface area contributed by atoms with Crippen LogP contribution >= 0.6 is 0 Å². The highest BCUT2D eigenvalue weighted by atomic mass is 19.1. The first-order valence-electron chi connectivity index (χ1n) is 7.85. The van der Waals surface area contributed by atoms with Crippen LogP contribution in [0.25, 0.3) is 5.69 Å². The maximum absolute atomic E-state index is 14.4. The molecule has 4 heteroatoms. The Morgan fingerprint density at radius 2 is 2.14 bits per heavy atom. The van der Waals surface area contributed by atoms with Crippen LogP contribution in [0.15, 0.2) is 24.5 Å². The Balaban J connectivity index is 1.99. The van der Waals surface area contributed by atoms with Crippen LogP contribution < -0.4 is 5.32 Å². The summed E-state index contributed by atoms with van der Waals surface area (Å²) in [5, 5.41) is 3.36. The molecule has 2 aromatic rings. The average molecular weight is 287 g/mol. The average Bonchev–Trinajstić information content (AvgIpc) is 2.92. The summed E-state index contributed by atoms with van der Waals surface area (Å²) in [6.45, 7) is 3.76. The molecule has 1 N–H and O–H groups in total. The van der Waals surface area contributed by atoms with E-state index in [1.54, 1.807) is 12.4 Å². The van der Waals surface area contributed by atoms with Gasteiger partial charge >= 0.3 is 0 Å². The molecule has 0 saturated carbocycles. The number of aryl methyl sites for hydroxylation is 1. The molecule has 0 spiro atoms. The van der Waals surface area contributed by atoms with E-state index in [0.29, 0.717) is 12.2 Å². The molecule has 3 rings (SSSR count). The van der Waals surface area contributed by atoms with Crippen molar-refractivity contribution in [1.82, 2.24) is 14.9 Å². The van der Waals surface area contributed by atoms with E-state index in [1.807, 2.05) is 10.6 Å². The molecule has 1 heterocycles. The van der Waals surface area contributed by atoms with Gasteiger partial charge in [-0.3, -0.25) is 4.57 Å². The Bertz CT molecular complexity index is 618. The summed E-state index contributed by atoms with van der Waals surface area (Å²) in [7, 11) is 0. The normalized spacial score (nSPS) is 14.2. The van der Waals surface area contributed by atoms with Crippen molar-refractivity contribution in [2.75, 3.05) is 6.54 Å². The first-order chi connectivity index (χ1) is 10.3. The fourth-order valence-electron chi connectivity index (χ4n) is 3.03. The van der Waals surface area contributed by atoms with E-state index in [0.717, 1.165) is 43.5 Å². The predicted molar refractivity (Wildman–Crippen MR) is 82.2 cm³/mol. The monoisotopic (exact) mass is 287 g/mol. The van der Waals surface area contributed by atoms with E-state index < -0.39 is 0 Å². The van der Waals surface area contributed by atoms with Crippen LogP contribution in [-0.4, -0.2) is 16.1 Å². The Morgan fingerprint density at radius 1 is 1.29 bits per heavy atom. The van der Waals surface area contributed by atoms with E-state index in [-0.39, 0.29) is 5.82 Å². The van der Waals surface area contributed by atoms with Crippen molar-refractivity contribution in [1.29, 1.82) is 0 Å². The molecule has 1 aromatic heterocycles. The minimum atomic E-state index is -0.170. The van der Waals surface area contributed by atoms with Crippen LogP contribution in [0.1, 0.15) is 43.1 Å². The minimum Gasteiger partial charge on any atom is -0.313 e. The number of imidazole rings is 1. The summed E-state index contributed by atoms with van der Waals surface area (Å²) in [5.41, 5.74) is 3.98. The summed E-state index contributed by atoms with van der Waals surface area (Å²) in [5.74, 6) is -0.170. The van der Waals surface area contributed by atoms with Crippen molar-refractivity contribution < 1.29 is 4.39 Å². The summed E-state index contributed by atoms with van der Waals surface area (Å²) in [6, 6.07) is 5.31. The predicted octanol–water partition coefficient (Wildman–Crippen LogP) is 3.39. The first kappa shape index (κ1) is 14.3. The molecule has 0 fully saturated rings. The Morgan fingerprint density at radius 3 is 3.00 bits per heavy atom. The number of nitrogens with zero attached hydrogens (tertiary/aromatic N) is 2. The lowest BCUT2D eigenvalue weighted by Gasteiger charge is -2.17. The number of halogens is 1. The van der Waals surface area contributed by atoms with Crippen molar-refractivity contribution in [3.63, 3.8) is 0 Å². The van der Waals surface area contributed by atoms with Crippen molar-refractivity contribution in [3.8, 4) is 5.69 Å². The van der Waals surface area contributed by atoms with Gasteiger partial charge in [0.1, 0.15) is 5.82 Å². The molecule has 1 aliphatic rings. The molecule has 0 atom stereocenters. The highest BCUT2D eigenvalue weighted by Gasteiger charge is 2.19. The molecule has 0 bridgehead atoms. The standard InChI is InChI=1S/C17H22FN3/c1-2-10-19-11-13-6-5-7-14(18)17(13)21-12-20-15-8-3-4-9-16(15)21/h5-7,12,19H,2-4,8-11H2,1H3. The van der Waals surface area contributed by atoms with Gasteiger partial charge in [-0.15, -0.1) is 0 Å². The lowest BCUT2D eigenvalue weighted by molar-refractivity contribution is 0.599. The fraction of sp³-hybridized carbons (Fsp3) is 0.471. The van der Waals surface area contributed by atoms with Gasteiger partial charge in [-0.25, -0.2) is 9.37 Å². The van der Waals surface area contributed by atoms with Crippen LogP contribution in [0.5, 0.6) is 0 Å². The van der Waals surface area contributed by atoms with E-state index >= 15 is 0 Å². The molecule has 21 heavy (non-hydrogen) atoms. The number of aromatic nitrogens is 2. The van der Waals surface area contributed by atoms with Gasteiger partial charge < -0.3 is 5.32 Å². The van der Waals surface area contributed by atoms with Gasteiger partial charge in [-0.1, -0.05) is 19.1 Å². The third-order valence-electron chi connectivity index (χ3n) is 4.08. The van der Waals surface area contributed by atoms with Crippen molar-refractivity contribution in [2.24, 2.45) is 0 Å². The summed E-state index contributed by atoms with van der Waals surface area (Å²) in [6.07, 6.45) is 7.22. The number of fused-ring (bicyclic) bond motifs is 1. The zero-order valence-corrected chi connectivity index (χ0v) is 12.5. The lowest BCUT2D eigenvalue weighted by atomic mass is 10.0. The molecule has 0 radical (unpaired) electrons. The Kier molecular flexibility index (Phi) is 4.34. The third-order valence-corrected chi connectivity index (χ3v) is 4.08. The number of benzene rings is 1.